The molecule has 1 aliphatic rings. The van der Waals surface area contributed by atoms with Crippen LogP contribution >= 0.6 is 23.2 Å². The summed E-state index contributed by atoms with van der Waals surface area (Å²) in [6.45, 7) is 6.04. The molecule has 2 amide bonds. The van der Waals surface area contributed by atoms with Crippen molar-refractivity contribution in [2.75, 3.05) is 11.9 Å². The molecule has 142 valence electrons. The summed E-state index contributed by atoms with van der Waals surface area (Å²) >= 11 is 12.1. The number of halogens is 2. The van der Waals surface area contributed by atoms with E-state index in [9.17, 15) is 9.59 Å². The van der Waals surface area contributed by atoms with E-state index < -0.39 is 6.10 Å². The smallest absolute Gasteiger partial charge is 0.265 e. The third kappa shape index (κ3) is 4.04. The predicted molar refractivity (Wildman–Crippen MR) is 107 cm³/mol. The SMILES string of the molecule is CC1Oc2c(cccc2C(=O)NCC(C)(C)c2ccc(Cl)c(Cl)c2)NC1=O. The van der Waals surface area contributed by atoms with Crippen molar-refractivity contribution in [3.63, 3.8) is 0 Å². The van der Waals surface area contributed by atoms with Crippen molar-refractivity contribution in [1.82, 2.24) is 5.32 Å². The van der Waals surface area contributed by atoms with Gasteiger partial charge in [0, 0.05) is 12.0 Å². The van der Waals surface area contributed by atoms with E-state index in [0.29, 0.717) is 33.6 Å². The first-order valence-electron chi connectivity index (χ1n) is 8.53. The van der Waals surface area contributed by atoms with Gasteiger partial charge in [0.25, 0.3) is 11.8 Å². The number of amides is 2. The van der Waals surface area contributed by atoms with Crippen LogP contribution in [-0.2, 0) is 10.2 Å². The molecule has 0 bridgehead atoms. The topological polar surface area (TPSA) is 67.4 Å². The third-order valence-corrected chi connectivity index (χ3v) is 5.31. The fraction of sp³-hybridized carbons (Fsp3) is 0.300. The highest BCUT2D eigenvalue weighted by molar-refractivity contribution is 6.42. The second kappa shape index (κ2) is 7.41. The van der Waals surface area contributed by atoms with E-state index in [1.807, 2.05) is 19.9 Å². The van der Waals surface area contributed by atoms with Gasteiger partial charge in [-0.15, -0.1) is 0 Å². The van der Waals surface area contributed by atoms with E-state index in [0.717, 1.165) is 5.56 Å². The molecule has 3 rings (SSSR count). The summed E-state index contributed by atoms with van der Waals surface area (Å²) < 4.78 is 5.64. The Morgan fingerprint density at radius 3 is 2.67 bits per heavy atom. The fourth-order valence-corrected chi connectivity index (χ4v) is 3.12. The number of benzene rings is 2. The van der Waals surface area contributed by atoms with Crippen molar-refractivity contribution in [2.45, 2.75) is 32.3 Å². The molecule has 0 aromatic heterocycles. The number of hydrogen-bond acceptors (Lipinski definition) is 3. The molecule has 0 aliphatic carbocycles. The maximum Gasteiger partial charge on any atom is 0.265 e. The van der Waals surface area contributed by atoms with Gasteiger partial charge < -0.3 is 15.4 Å². The van der Waals surface area contributed by atoms with E-state index in [-0.39, 0.29) is 17.2 Å². The normalized spacial score (nSPS) is 16.2. The Kier molecular flexibility index (Phi) is 5.36. The minimum Gasteiger partial charge on any atom is -0.478 e. The quantitative estimate of drug-likeness (QED) is 0.789. The molecule has 0 saturated carbocycles. The number of para-hydroxylation sites is 1. The zero-order chi connectivity index (χ0) is 19.8. The van der Waals surface area contributed by atoms with Gasteiger partial charge in [-0.05, 0) is 36.8 Å². The molecule has 0 spiro atoms. The van der Waals surface area contributed by atoms with Crippen molar-refractivity contribution >= 4 is 40.7 Å². The molecule has 7 heteroatoms. The van der Waals surface area contributed by atoms with Gasteiger partial charge in [0.15, 0.2) is 11.9 Å². The monoisotopic (exact) mass is 406 g/mol. The molecular formula is C20H20Cl2N2O3. The molecule has 1 unspecified atom stereocenters. The number of hydrogen-bond donors (Lipinski definition) is 2. The van der Waals surface area contributed by atoms with Gasteiger partial charge in [0.1, 0.15) is 0 Å². The van der Waals surface area contributed by atoms with E-state index in [4.69, 9.17) is 27.9 Å². The molecule has 27 heavy (non-hydrogen) atoms. The Morgan fingerprint density at radius 2 is 1.96 bits per heavy atom. The summed E-state index contributed by atoms with van der Waals surface area (Å²) in [5.41, 5.74) is 1.48. The lowest BCUT2D eigenvalue weighted by Gasteiger charge is -2.27. The lowest BCUT2D eigenvalue weighted by molar-refractivity contribution is -0.122. The van der Waals surface area contributed by atoms with Crippen LogP contribution < -0.4 is 15.4 Å². The maximum atomic E-state index is 12.8. The van der Waals surface area contributed by atoms with Gasteiger partial charge in [-0.3, -0.25) is 9.59 Å². The van der Waals surface area contributed by atoms with Gasteiger partial charge in [-0.25, -0.2) is 0 Å². The van der Waals surface area contributed by atoms with Crippen LogP contribution in [0, 0.1) is 0 Å². The molecule has 2 aromatic carbocycles. The van der Waals surface area contributed by atoms with E-state index in [1.165, 1.54) is 0 Å². The number of ether oxygens (including phenoxy) is 1. The molecule has 0 radical (unpaired) electrons. The van der Waals surface area contributed by atoms with Crippen LogP contribution in [0.2, 0.25) is 10.0 Å². The van der Waals surface area contributed by atoms with Crippen LogP contribution in [0.1, 0.15) is 36.7 Å². The van der Waals surface area contributed by atoms with Crippen molar-refractivity contribution < 1.29 is 14.3 Å². The lowest BCUT2D eigenvalue weighted by Crippen LogP contribution is -2.38. The molecule has 1 aliphatic heterocycles. The lowest BCUT2D eigenvalue weighted by atomic mass is 9.84. The zero-order valence-electron chi connectivity index (χ0n) is 15.2. The average molecular weight is 407 g/mol. The van der Waals surface area contributed by atoms with Crippen molar-refractivity contribution in [2.24, 2.45) is 0 Å². The van der Waals surface area contributed by atoms with Gasteiger partial charge in [-0.2, -0.15) is 0 Å². The summed E-state index contributed by atoms with van der Waals surface area (Å²) in [6, 6.07) is 10.5. The molecule has 0 saturated heterocycles. The molecule has 1 atom stereocenters. The molecular weight excluding hydrogens is 387 g/mol. The number of anilines is 1. The average Bonchev–Trinajstić information content (AvgIpc) is 2.62. The number of carbonyl (C=O) groups is 2. The fourth-order valence-electron chi connectivity index (χ4n) is 2.82. The first-order chi connectivity index (χ1) is 12.7. The molecule has 0 fully saturated rings. The Bertz CT molecular complexity index is 912. The highest BCUT2D eigenvalue weighted by Crippen LogP contribution is 2.34. The van der Waals surface area contributed by atoms with Crippen LogP contribution in [0.25, 0.3) is 0 Å². The van der Waals surface area contributed by atoms with E-state index in [1.54, 1.807) is 37.3 Å². The largest absolute Gasteiger partial charge is 0.478 e. The van der Waals surface area contributed by atoms with Crippen molar-refractivity contribution in [1.29, 1.82) is 0 Å². The third-order valence-electron chi connectivity index (χ3n) is 4.57. The van der Waals surface area contributed by atoms with Crippen molar-refractivity contribution in [3.8, 4) is 5.75 Å². The summed E-state index contributed by atoms with van der Waals surface area (Å²) in [4.78, 5) is 24.5. The summed E-state index contributed by atoms with van der Waals surface area (Å²) in [5.74, 6) is -0.126. The predicted octanol–water partition coefficient (Wildman–Crippen LogP) is 4.42. The van der Waals surface area contributed by atoms with Crippen LogP contribution in [-0.4, -0.2) is 24.5 Å². The molecule has 2 N–H and O–H groups in total. The maximum absolute atomic E-state index is 12.8. The number of carbonyl (C=O) groups excluding carboxylic acids is 2. The van der Waals surface area contributed by atoms with Gasteiger partial charge in [-0.1, -0.05) is 49.2 Å². The van der Waals surface area contributed by atoms with Crippen molar-refractivity contribution in [3.05, 3.63) is 57.6 Å². The summed E-state index contributed by atoms with van der Waals surface area (Å²) in [7, 11) is 0. The van der Waals surface area contributed by atoms with Gasteiger partial charge in [0.2, 0.25) is 0 Å². The second-order valence-corrected chi connectivity index (χ2v) is 7.94. The Labute approximate surface area is 168 Å². The van der Waals surface area contributed by atoms with Gasteiger partial charge >= 0.3 is 0 Å². The highest BCUT2D eigenvalue weighted by Gasteiger charge is 2.29. The van der Waals surface area contributed by atoms with E-state index >= 15 is 0 Å². The first kappa shape index (κ1) is 19.5. The van der Waals surface area contributed by atoms with Gasteiger partial charge in [0.05, 0.1) is 21.3 Å². The summed E-state index contributed by atoms with van der Waals surface area (Å²) in [5, 5.41) is 6.65. The minimum atomic E-state index is -0.654. The first-order valence-corrected chi connectivity index (χ1v) is 9.29. The second-order valence-electron chi connectivity index (χ2n) is 7.13. The van der Waals surface area contributed by atoms with Crippen LogP contribution in [0.5, 0.6) is 5.75 Å². The number of nitrogens with one attached hydrogen (secondary N) is 2. The Balaban J connectivity index is 1.77. The standard InChI is InChI=1S/C20H20Cl2N2O3/c1-11-18(25)24-16-6-4-5-13(17(16)27-11)19(26)23-10-20(2,3)12-7-8-14(21)15(22)9-12/h4-9,11H,10H2,1-3H3,(H,23,26)(H,24,25). The van der Waals surface area contributed by atoms with E-state index in [2.05, 4.69) is 10.6 Å². The molecule has 5 nitrogen and oxygen atoms in total. The molecule has 1 heterocycles. The zero-order valence-corrected chi connectivity index (χ0v) is 16.7. The van der Waals surface area contributed by atoms with Crippen LogP contribution in [0.3, 0.4) is 0 Å². The molecule has 2 aromatic rings. The number of fused-ring (bicyclic) bond motifs is 1. The number of rotatable bonds is 4. The van der Waals surface area contributed by atoms with Crippen LogP contribution in [0.15, 0.2) is 36.4 Å². The minimum absolute atomic E-state index is 0.235. The Morgan fingerprint density at radius 1 is 1.22 bits per heavy atom. The highest BCUT2D eigenvalue weighted by atomic mass is 35.5. The Hall–Kier alpha value is -2.24. The summed E-state index contributed by atoms with van der Waals surface area (Å²) in [6.07, 6.45) is -0.654. The van der Waals surface area contributed by atoms with Crippen LogP contribution in [0.4, 0.5) is 5.69 Å².